The van der Waals surface area contributed by atoms with Gasteiger partial charge >= 0.3 is 0 Å². The van der Waals surface area contributed by atoms with Crippen LogP contribution in [-0.2, 0) is 17.8 Å². The molecule has 2 aromatic carbocycles. The summed E-state index contributed by atoms with van der Waals surface area (Å²) in [4.78, 5) is 31.4. The Bertz CT molecular complexity index is 1280. The van der Waals surface area contributed by atoms with Gasteiger partial charge in [0.15, 0.2) is 5.16 Å². The molecule has 0 fully saturated rings. The SMILES string of the molecule is CCCc1cc(=O)[nH]c(SCC(=O)Nc2ccc3c(c2)c2ccccc2n3CC)n1. The molecular formula is C23H24N4O2S. The number of hydrogen-bond acceptors (Lipinski definition) is 4. The molecule has 0 bridgehead atoms. The summed E-state index contributed by atoms with van der Waals surface area (Å²) in [5.41, 5.74) is 3.67. The van der Waals surface area contributed by atoms with Crippen LogP contribution in [0.5, 0.6) is 0 Å². The van der Waals surface area contributed by atoms with Crippen LogP contribution in [0.15, 0.2) is 58.5 Å². The minimum Gasteiger partial charge on any atom is -0.341 e. The van der Waals surface area contributed by atoms with E-state index < -0.39 is 0 Å². The predicted octanol–water partition coefficient (Wildman–Crippen LogP) is 4.58. The maximum atomic E-state index is 12.5. The summed E-state index contributed by atoms with van der Waals surface area (Å²) in [6, 6.07) is 15.8. The Morgan fingerprint density at radius 2 is 1.90 bits per heavy atom. The minimum atomic E-state index is -0.186. The van der Waals surface area contributed by atoms with Gasteiger partial charge in [0.1, 0.15) is 0 Å². The van der Waals surface area contributed by atoms with E-state index in [1.165, 1.54) is 28.7 Å². The van der Waals surface area contributed by atoms with Crippen LogP contribution in [0.1, 0.15) is 26.0 Å². The summed E-state index contributed by atoms with van der Waals surface area (Å²) >= 11 is 1.23. The van der Waals surface area contributed by atoms with Crippen molar-refractivity contribution in [1.82, 2.24) is 14.5 Å². The number of H-pyrrole nitrogens is 1. The van der Waals surface area contributed by atoms with E-state index in [1.54, 1.807) is 0 Å². The van der Waals surface area contributed by atoms with E-state index in [0.717, 1.165) is 41.7 Å². The number of nitrogens with zero attached hydrogens (tertiary/aromatic N) is 2. The Labute approximate surface area is 178 Å². The third kappa shape index (κ3) is 4.11. The van der Waals surface area contributed by atoms with Gasteiger partial charge < -0.3 is 14.9 Å². The molecule has 4 aromatic rings. The fourth-order valence-electron chi connectivity index (χ4n) is 3.74. The maximum absolute atomic E-state index is 12.5. The molecule has 30 heavy (non-hydrogen) atoms. The number of fused-ring (bicyclic) bond motifs is 3. The van der Waals surface area contributed by atoms with Crippen molar-refractivity contribution in [3.05, 3.63) is 64.6 Å². The molecule has 154 valence electrons. The molecule has 2 aromatic heterocycles. The first-order valence-electron chi connectivity index (χ1n) is 10.1. The zero-order valence-electron chi connectivity index (χ0n) is 17.1. The van der Waals surface area contributed by atoms with Crippen LogP contribution in [0.4, 0.5) is 5.69 Å². The van der Waals surface area contributed by atoms with E-state index >= 15 is 0 Å². The summed E-state index contributed by atoms with van der Waals surface area (Å²) in [6.45, 7) is 5.05. The van der Waals surface area contributed by atoms with Crippen molar-refractivity contribution in [2.45, 2.75) is 38.4 Å². The van der Waals surface area contributed by atoms with Crippen LogP contribution < -0.4 is 10.9 Å². The third-order valence-electron chi connectivity index (χ3n) is 4.99. The Kier molecular flexibility index (Phi) is 5.90. The molecule has 0 unspecified atom stereocenters. The fourth-order valence-corrected chi connectivity index (χ4v) is 4.43. The number of amides is 1. The molecule has 0 radical (unpaired) electrons. The molecule has 0 saturated heterocycles. The van der Waals surface area contributed by atoms with Gasteiger partial charge in [0.25, 0.3) is 5.56 Å². The average molecular weight is 421 g/mol. The highest BCUT2D eigenvalue weighted by Crippen LogP contribution is 2.31. The summed E-state index contributed by atoms with van der Waals surface area (Å²) in [7, 11) is 0. The molecule has 1 amide bonds. The zero-order chi connectivity index (χ0) is 21.1. The fraction of sp³-hybridized carbons (Fsp3) is 0.261. The molecule has 0 aliphatic rings. The van der Waals surface area contributed by atoms with Gasteiger partial charge in [0, 0.05) is 45.8 Å². The van der Waals surface area contributed by atoms with E-state index in [4.69, 9.17) is 0 Å². The topological polar surface area (TPSA) is 79.8 Å². The van der Waals surface area contributed by atoms with E-state index in [9.17, 15) is 9.59 Å². The summed E-state index contributed by atoms with van der Waals surface area (Å²) in [5, 5.41) is 5.73. The van der Waals surface area contributed by atoms with Gasteiger partial charge in [-0.1, -0.05) is 43.3 Å². The zero-order valence-corrected chi connectivity index (χ0v) is 17.9. The number of para-hydroxylation sites is 1. The number of carbonyl (C=O) groups excluding carboxylic acids is 1. The van der Waals surface area contributed by atoms with Crippen molar-refractivity contribution < 1.29 is 4.79 Å². The number of rotatable bonds is 7. The number of carbonyl (C=O) groups is 1. The number of aromatic nitrogens is 3. The summed E-state index contributed by atoms with van der Waals surface area (Å²) < 4.78 is 2.28. The monoisotopic (exact) mass is 420 g/mol. The van der Waals surface area contributed by atoms with Crippen molar-refractivity contribution in [1.29, 1.82) is 0 Å². The summed E-state index contributed by atoms with van der Waals surface area (Å²) in [5.74, 6) is 0.0370. The second-order valence-corrected chi connectivity index (χ2v) is 8.09. The normalized spacial score (nSPS) is 11.3. The molecule has 0 saturated carbocycles. The van der Waals surface area contributed by atoms with Crippen LogP contribution in [0.2, 0.25) is 0 Å². The van der Waals surface area contributed by atoms with E-state index in [0.29, 0.717) is 5.16 Å². The highest BCUT2D eigenvalue weighted by molar-refractivity contribution is 7.99. The Morgan fingerprint density at radius 1 is 1.10 bits per heavy atom. The van der Waals surface area contributed by atoms with Crippen molar-refractivity contribution in [3.63, 3.8) is 0 Å². The van der Waals surface area contributed by atoms with Gasteiger partial charge in [-0.15, -0.1) is 0 Å². The molecule has 0 atom stereocenters. The lowest BCUT2D eigenvalue weighted by Gasteiger charge is -2.07. The molecule has 2 N–H and O–H groups in total. The number of aromatic amines is 1. The average Bonchev–Trinajstić information content (AvgIpc) is 3.05. The van der Waals surface area contributed by atoms with Gasteiger partial charge in [-0.3, -0.25) is 9.59 Å². The van der Waals surface area contributed by atoms with Gasteiger partial charge in [0.05, 0.1) is 5.75 Å². The lowest BCUT2D eigenvalue weighted by atomic mass is 10.1. The molecule has 6 nitrogen and oxygen atoms in total. The Hall–Kier alpha value is -3.06. The van der Waals surface area contributed by atoms with Crippen molar-refractivity contribution in [3.8, 4) is 0 Å². The standard InChI is InChI=1S/C23H24N4O2S/c1-3-7-15-13-21(28)26-23(25-15)30-14-22(29)24-16-10-11-20-18(12-16)17-8-5-6-9-19(17)27(20)4-2/h5-6,8-13H,3-4,7,14H2,1-2H3,(H,24,29)(H,25,26,28). The predicted molar refractivity (Wildman–Crippen MR) is 123 cm³/mol. The van der Waals surface area contributed by atoms with Crippen LogP contribution >= 0.6 is 11.8 Å². The maximum Gasteiger partial charge on any atom is 0.251 e. The highest BCUT2D eigenvalue weighted by Gasteiger charge is 2.11. The van der Waals surface area contributed by atoms with Crippen molar-refractivity contribution in [2.75, 3.05) is 11.1 Å². The Balaban J connectivity index is 1.51. The molecule has 4 rings (SSSR count). The molecule has 2 heterocycles. The molecule has 0 aliphatic carbocycles. The first-order chi connectivity index (χ1) is 14.6. The van der Waals surface area contributed by atoms with E-state index in [-0.39, 0.29) is 17.2 Å². The molecule has 0 spiro atoms. The quantitative estimate of drug-likeness (QED) is 0.339. The van der Waals surface area contributed by atoms with Crippen molar-refractivity contribution in [2.24, 2.45) is 0 Å². The number of benzene rings is 2. The lowest BCUT2D eigenvalue weighted by Crippen LogP contribution is -2.15. The number of hydrogen-bond donors (Lipinski definition) is 2. The second kappa shape index (κ2) is 8.75. The molecular weight excluding hydrogens is 396 g/mol. The first-order valence-corrected chi connectivity index (χ1v) is 11.1. The lowest BCUT2D eigenvalue weighted by molar-refractivity contribution is -0.113. The van der Waals surface area contributed by atoms with E-state index in [2.05, 4.69) is 45.0 Å². The number of aryl methyl sites for hydroxylation is 2. The molecule has 7 heteroatoms. The number of thioether (sulfide) groups is 1. The van der Waals surface area contributed by atoms with Crippen molar-refractivity contribution >= 4 is 45.2 Å². The van der Waals surface area contributed by atoms with Gasteiger partial charge in [-0.2, -0.15) is 0 Å². The number of anilines is 1. The highest BCUT2D eigenvalue weighted by atomic mass is 32.2. The second-order valence-electron chi connectivity index (χ2n) is 7.12. The van der Waals surface area contributed by atoms with Crippen LogP contribution in [-0.4, -0.2) is 26.2 Å². The minimum absolute atomic E-state index is 0.137. The van der Waals surface area contributed by atoms with Gasteiger partial charge in [0.2, 0.25) is 5.91 Å². The van der Waals surface area contributed by atoms with Gasteiger partial charge in [-0.25, -0.2) is 4.98 Å². The largest absolute Gasteiger partial charge is 0.341 e. The smallest absolute Gasteiger partial charge is 0.251 e. The third-order valence-corrected chi connectivity index (χ3v) is 5.86. The van der Waals surface area contributed by atoms with E-state index in [1.807, 2.05) is 31.2 Å². The van der Waals surface area contributed by atoms with Crippen LogP contribution in [0, 0.1) is 0 Å². The Morgan fingerprint density at radius 3 is 2.70 bits per heavy atom. The molecule has 0 aliphatic heterocycles. The number of nitrogens with one attached hydrogen (secondary N) is 2. The van der Waals surface area contributed by atoms with Gasteiger partial charge in [-0.05, 0) is 37.6 Å². The first kappa shape index (κ1) is 20.2. The van der Waals surface area contributed by atoms with Crippen LogP contribution in [0.25, 0.3) is 21.8 Å². The summed E-state index contributed by atoms with van der Waals surface area (Å²) in [6.07, 6.45) is 1.66. The van der Waals surface area contributed by atoms with Crippen LogP contribution in [0.3, 0.4) is 0 Å².